The second kappa shape index (κ2) is 7.56. The molecule has 1 aromatic rings. The summed E-state index contributed by atoms with van der Waals surface area (Å²) in [6.45, 7) is 0.579. The number of rotatable bonds is 7. The lowest BCUT2D eigenvalue weighted by molar-refractivity contribution is -0.142. The fraction of sp³-hybridized carbons (Fsp3) is 0.500. The summed E-state index contributed by atoms with van der Waals surface area (Å²) in [5.41, 5.74) is 6.10. The SMILES string of the molecule is NCCCCC(Cc1cnc(Cl)cc1Cl)C(=O)O. The van der Waals surface area contributed by atoms with Crippen molar-refractivity contribution in [2.45, 2.75) is 25.7 Å². The smallest absolute Gasteiger partial charge is 0.306 e. The van der Waals surface area contributed by atoms with E-state index in [1.165, 1.54) is 12.3 Å². The molecule has 0 amide bonds. The predicted molar refractivity (Wildman–Crippen MR) is 72.0 cm³/mol. The van der Waals surface area contributed by atoms with Gasteiger partial charge in [0.1, 0.15) is 5.15 Å². The van der Waals surface area contributed by atoms with Crippen molar-refractivity contribution >= 4 is 29.2 Å². The molecule has 0 radical (unpaired) electrons. The van der Waals surface area contributed by atoms with Gasteiger partial charge in [-0.05, 0) is 37.4 Å². The van der Waals surface area contributed by atoms with E-state index in [-0.39, 0.29) is 0 Å². The third-order valence-corrected chi connectivity index (χ3v) is 3.28. The molecule has 0 aliphatic rings. The van der Waals surface area contributed by atoms with Crippen LogP contribution in [0.4, 0.5) is 0 Å². The average molecular weight is 291 g/mol. The van der Waals surface area contributed by atoms with Gasteiger partial charge in [-0.1, -0.05) is 29.6 Å². The van der Waals surface area contributed by atoms with E-state index in [0.717, 1.165) is 12.8 Å². The topological polar surface area (TPSA) is 76.2 Å². The van der Waals surface area contributed by atoms with Gasteiger partial charge < -0.3 is 10.8 Å². The van der Waals surface area contributed by atoms with Gasteiger partial charge in [0.15, 0.2) is 0 Å². The average Bonchev–Trinajstić information content (AvgIpc) is 2.30. The standard InChI is InChI=1S/C12H16Cl2N2O2/c13-10-6-11(14)16-7-9(10)5-8(12(17)18)3-1-2-4-15/h6-8H,1-5,15H2,(H,17,18). The molecule has 0 aliphatic carbocycles. The summed E-state index contributed by atoms with van der Waals surface area (Å²) in [5, 5.41) is 9.92. The zero-order chi connectivity index (χ0) is 13.5. The number of hydrogen-bond donors (Lipinski definition) is 2. The van der Waals surface area contributed by atoms with E-state index >= 15 is 0 Å². The van der Waals surface area contributed by atoms with E-state index in [0.29, 0.717) is 35.1 Å². The molecular formula is C12H16Cl2N2O2. The number of hydrogen-bond acceptors (Lipinski definition) is 3. The highest BCUT2D eigenvalue weighted by atomic mass is 35.5. The van der Waals surface area contributed by atoms with Crippen LogP contribution in [0.15, 0.2) is 12.3 Å². The molecule has 0 spiro atoms. The van der Waals surface area contributed by atoms with E-state index < -0.39 is 11.9 Å². The van der Waals surface area contributed by atoms with Gasteiger partial charge in [0.05, 0.1) is 5.92 Å². The van der Waals surface area contributed by atoms with E-state index in [9.17, 15) is 4.79 Å². The Labute approximate surface area is 116 Å². The lowest BCUT2D eigenvalue weighted by Crippen LogP contribution is -2.17. The van der Waals surface area contributed by atoms with Crippen LogP contribution in [0.3, 0.4) is 0 Å². The van der Waals surface area contributed by atoms with Gasteiger partial charge in [0.25, 0.3) is 0 Å². The minimum Gasteiger partial charge on any atom is -0.481 e. The minimum absolute atomic E-state index is 0.304. The molecule has 1 aromatic heterocycles. The maximum Gasteiger partial charge on any atom is 0.306 e. The third-order valence-electron chi connectivity index (χ3n) is 2.72. The molecule has 1 atom stereocenters. The molecule has 18 heavy (non-hydrogen) atoms. The fourth-order valence-electron chi connectivity index (χ4n) is 1.70. The molecule has 0 saturated carbocycles. The first-order chi connectivity index (χ1) is 8.54. The van der Waals surface area contributed by atoms with Crippen molar-refractivity contribution < 1.29 is 9.90 Å². The van der Waals surface area contributed by atoms with E-state index in [1.807, 2.05) is 0 Å². The molecule has 1 unspecified atom stereocenters. The Kier molecular flexibility index (Phi) is 6.39. The Bertz CT molecular complexity index is 413. The van der Waals surface area contributed by atoms with Crippen LogP contribution in [0.1, 0.15) is 24.8 Å². The van der Waals surface area contributed by atoms with Crippen molar-refractivity contribution in [2.24, 2.45) is 11.7 Å². The highest BCUT2D eigenvalue weighted by molar-refractivity contribution is 6.34. The summed E-state index contributed by atoms with van der Waals surface area (Å²) in [6.07, 6.45) is 4.11. The Hall–Kier alpha value is -0.840. The quantitative estimate of drug-likeness (QED) is 0.598. The second-order valence-corrected chi connectivity index (χ2v) is 4.92. The molecule has 0 fully saturated rings. The number of halogens is 2. The van der Waals surface area contributed by atoms with Crippen molar-refractivity contribution in [2.75, 3.05) is 6.54 Å². The number of nitrogens with two attached hydrogens (primary N) is 1. The Morgan fingerprint density at radius 1 is 1.44 bits per heavy atom. The maximum atomic E-state index is 11.2. The number of unbranched alkanes of at least 4 members (excludes halogenated alkanes) is 1. The molecule has 0 aliphatic heterocycles. The molecule has 4 nitrogen and oxygen atoms in total. The largest absolute Gasteiger partial charge is 0.481 e. The molecular weight excluding hydrogens is 275 g/mol. The summed E-state index contributed by atoms with van der Waals surface area (Å²) in [7, 11) is 0. The number of aliphatic carboxylic acids is 1. The summed E-state index contributed by atoms with van der Waals surface area (Å²) in [5.74, 6) is -1.28. The van der Waals surface area contributed by atoms with Gasteiger partial charge in [-0.25, -0.2) is 4.98 Å². The highest BCUT2D eigenvalue weighted by Gasteiger charge is 2.19. The molecule has 1 heterocycles. The zero-order valence-corrected chi connectivity index (χ0v) is 11.4. The first-order valence-electron chi connectivity index (χ1n) is 5.77. The van der Waals surface area contributed by atoms with Crippen molar-refractivity contribution in [1.29, 1.82) is 0 Å². The number of carbonyl (C=O) groups is 1. The third kappa shape index (κ3) is 4.80. The molecule has 3 N–H and O–H groups in total. The lowest BCUT2D eigenvalue weighted by atomic mass is 9.95. The molecule has 100 valence electrons. The van der Waals surface area contributed by atoms with Crippen LogP contribution in [0.2, 0.25) is 10.2 Å². The second-order valence-electron chi connectivity index (χ2n) is 4.12. The van der Waals surface area contributed by atoms with Crippen molar-refractivity contribution in [1.82, 2.24) is 4.98 Å². The fourth-order valence-corrected chi connectivity index (χ4v) is 2.14. The monoisotopic (exact) mass is 290 g/mol. The van der Waals surface area contributed by atoms with Crippen LogP contribution in [0.5, 0.6) is 0 Å². The van der Waals surface area contributed by atoms with Crippen LogP contribution in [-0.4, -0.2) is 22.6 Å². The summed E-state index contributed by atoms with van der Waals surface area (Å²) < 4.78 is 0. The highest BCUT2D eigenvalue weighted by Crippen LogP contribution is 2.23. The molecule has 1 rings (SSSR count). The van der Waals surface area contributed by atoms with Gasteiger partial charge in [-0.2, -0.15) is 0 Å². The Morgan fingerprint density at radius 3 is 2.72 bits per heavy atom. The predicted octanol–water partition coefficient (Wildman–Crippen LogP) is 2.76. The number of nitrogens with zero attached hydrogens (tertiary/aromatic N) is 1. The first-order valence-corrected chi connectivity index (χ1v) is 6.53. The van der Waals surface area contributed by atoms with E-state index in [2.05, 4.69) is 4.98 Å². The van der Waals surface area contributed by atoms with Gasteiger partial charge in [-0.15, -0.1) is 0 Å². The van der Waals surface area contributed by atoms with Crippen molar-refractivity contribution in [3.05, 3.63) is 28.0 Å². The number of carboxylic acid groups (broad SMARTS) is 1. The first kappa shape index (κ1) is 15.2. The maximum absolute atomic E-state index is 11.2. The molecule has 0 saturated heterocycles. The lowest BCUT2D eigenvalue weighted by Gasteiger charge is -2.12. The van der Waals surface area contributed by atoms with Crippen LogP contribution in [0.25, 0.3) is 0 Å². The van der Waals surface area contributed by atoms with Gasteiger partial charge in [-0.3, -0.25) is 4.79 Å². The molecule has 6 heteroatoms. The normalized spacial score (nSPS) is 12.4. The van der Waals surface area contributed by atoms with Gasteiger partial charge in [0.2, 0.25) is 0 Å². The molecule has 0 bridgehead atoms. The summed E-state index contributed by atoms with van der Waals surface area (Å²) in [4.78, 5) is 15.1. The zero-order valence-electron chi connectivity index (χ0n) is 9.90. The van der Waals surface area contributed by atoms with E-state index in [4.69, 9.17) is 34.0 Å². The van der Waals surface area contributed by atoms with Crippen molar-refractivity contribution in [3.63, 3.8) is 0 Å². The number of pyridine rings is 1. The van der Waals surface area contributed by atoms with Crippen LogP contribution < -0.4 is 5.73 Å². The summed E-state index contributed by atoms with van der Waals surface area (Å²) in [6, 6.07) is 1.53. The van der Waals surface area contributed by atoms with Crippen LogP contribution in [0, 0.1) is 5.92 Å². The van der Waals surface area contributed by atoms with Crippen LogP contribution in [-0.2, 0) is 11.2 Å². The Morgan fingerprint density at radius 2 is 2.17 bits per heavy atom. The van der Waals surface area contributed by atoms with E-state index in [1.54, 1.807) is 0 Å². The molecule has 0 aromatic carbocycles. The van der Waals surface area contributed by atoms with Crippen molar-refractivity contribution in [3.8, 4) is 0 Å². The number of aromatic nitrogens is 1. The Balaban J connectivity index is 2.67. The summed E-state index contributed by atoms with van der Waals surface area (Å²) >= 11 is 11.7. The van der Waals surface area contributed by atoms with Gasteiger partial charge >= 0.3 is 5.97 Å². The van der Waals surface area contributed by atoms with Crippen LogP contribution >= 0.6 is 23.2 Å². The van der Waals surface area contributed by atoms with Gasteiger partial charge in [0, 0.05) is 11.2 Å². The number of carboxylic acids is 1. The minimum atomic E-state index is -0.821.